The Kier molecular flexibility index (Phi) is 3.53. The Bertz CT molecular complexity index is 790. The number of Topliss-reactive ketones (excluding diaryl/α,β-unsaturated/α-hetero) is 1. The van der Waals surface area contributed by atoms with Gasteiger partial charge in [-0.2, -0.15) is 0 Å². The van der Waals surface area contributed by atoms with Crippen molar-refractivity contribution in [3.63, 3.8) is 0 Å². The predicted octanol–water partition coefficient (Wildman–Crippen LogP) is 1.91. The summed E-state index contributed by atoms with van der Waals surface area (Å²) in [6.07, 6.45) is 3.15. The largest absolute Gasteiger partial charge is 0.455 e. The molecule has 0 unspecified atom stereocenters. The van der Waals surface area contributed by atoms with Crippen LogP contribution in [0, 0.1) is 6.92 Å². The molecule has 1 aliphatic carbocycles. The first-order valence-corrected chi connectivity index (χ1v) is 7.51. The zero-order valence-electron chi connectivity index (χ0n) is 11.8. The molecule has 2 aromatic heterocycles. The lowest BCUT2D eigenvalue weighted by atomic mass is 9.94. The Hall–Kier alpha value is -2.48. The summed E-state index contributed by atoms with van der Waals surface area (Å²) in [5.74, 6) is -0.419. The van der Waals surface area contributed by atoms with E-state index in [-0.39, 0.29) is 21.6 Å². The average molecular weight is 319 g/mol. The zero-order valence-corrected chi connectivity index (χ0v) is 12.6. The van der Waals surface area contributed by atoms with Gasteiger partial charge in [-0.1, -0.05) is 11.3 Å². The molecular formula is C14H13N3O4S. The van der Waals surface area contributed by atoms with Gasteiger partial charge in [0.2, 0.25) is 0 Å². The van der Waals surface area contributed by atoms with Gasteiger partial charge in [0.1, 0.15) is 10.6 Å². The van der Waals surface area contributed by atoms with Gasteiger partial charge in [0.25, 0.3) is 11.8 Å². The van der Waals surface area contributed by atoms with Gasteiger partial charge < -0.3 is 10.2 Å². The summed E-state index contributed by atoms with van der Waals surface area (Å²) in [6.45, 7) is 1.69. The number of aryl methyl sites for hydroxylation is 1. The molecule has 3 rings (SSSR count). The Labute approximate surface area is 129 Å². The van der Waals surface area contributed by atoms with E-state index in [1.165, 1.54) is 6.20 Å². The highest BCUT2D eigenvalue weighted by Crippen LogP contribution is 2.30. The number of thiazole rings is 1. The number of fused-ring (bicyclic) bond motifs is 1. The number of carbonyl (C=O) groups is 3. The first-order chi connectivity index (χ1) is 10.5. The molecule has 0 bridgehead atoms. The Morgan fingerprint density at radius 2 is 2.18 bits per heavy atom. The Balaban J connectivity index is 1.86. The number of rotatable bonds is 3. The number of aromatic nitrogens is 1. The topological polar surface area (TPSA) is 115 Å². The number of hydrogen-bond donors (Lipinski definition) is 2. The van der Waals surface area contributed by atoms with Crippen LogP contribution in [0.15, 0.2) is 10.6 Å². The summed E-state index contributed by atoms with van der Waals surface area (Å²) in [5, 5.41) is 2.80. The van der Waals surface area contributed by atoms with Gasteiger partial charge in [-0.25, -0.2) is 4.98 Å². The zero-order chi connectivity index (χ0) is 15.9. The molecule has 22 heavy (non-hydrogen) atoms. The monoisotopic (exact) mass is 319 g/mol. The van der Waals surface area contributed by atoms with Crippen LogP contribution in [-0.2, 0) is 6.42 Å². The van der Waals surface area contributed by atoms with E-state index in [0.29, 0.717) is 29.7 Å². The number of nitrogens with one attached hydrogen (secondary N) is 1. The number of ketones is 1. The van der Waals surface area contributed by atoms with Gasteiger partial charge in [0.05, 0.1) is 11.8 Å². The van der Waals surface area contributed by atoms with Crippen LogP contribution in [0.25, 0.3) is 0 Å². The number of hydrogen-bond acceptors (Lipinski definition) is 6. The van der Waals surface area contributed by atoms with Crippen LogP contribution in [0.4, 0.5) is 5.13 Å². The first-order valence-electron chi connectivity index (χ1n) is 6.70. The fourth-order valence-electron chi connectivity index (χ4n) is 2.46. The average Bonchev–Trinajstić information content (AvgIpc) is 3.05. The van der Waals surface area contributed by atoms with Gasteiger partial charge >= 0.3 is 0 Å². The summed E-state index contributed by atoms with van der Waals surface area (Å²) < 4.78 is 5.55. The number of carbonyl (C=O) groups excluding carboxylic acids is 3. The lowest BCUT2D eigenvalue weighted by Crippen LogP contribution is -2.13. The second-order valence-electron chi connectivity index (χ2n) is 4.98. The lowest BCUT2D eigenvalue weighted by molar-refractivity contribution is 0.0962. The molecule has 0 aromatic carbocycles. The van der Waals surface area contributed by atoms with Crippen molar-refractivity contribution in [2.75, 3.05) is 5.32 Å². The first kappa shape index (κ1) is 14.5. The molecule has 0 fully saturated rings. The summed E-state index contributed by atoms with van der Waals surface area (Å²) >= 11 is 0.979. The molecule has 2 amide bonds. The van der Waals surface area contributed by atoms with Crippen LogP contribution < -0.4 is 11.1 Å². The van der Waals surface area contributed by atoms with E-state index >= 15 is 0 Å². The minimum Gasteiger partial charge on any atom is -0.455 e. The fourth-order valence-corrected chi connectivity index (χ4v) is 3.13. The van der Waals surface area contributed by atoms with Crippen molar-refractivity contribution in [1.29, 1.82) is 0 Å². The molecular weight excluding hydrogens is 306 g/mol. The molecule has 2 heterocycles. The Morgan fingerprint density at radius 3 is 2.82 bits per heavy atom. The number of furan rings is 1. The summed E-state index contributed by atoms with van der Waals surface area (Å²) in [5.41, 5.74) is 6.20. The normalized spacial score (nSPS) is 13.8. The smallest absolute Gasteiger partial charge is 0.293 e. The highest BCUT2D eigenvalue weighted by molar-refractivity contribution is 7.17. The maximum absolute atomic E-state index is 12.3. The van der Waals surface area contributed by atoms with Crippen molar-refractivity contribution < 1.29 is 18.8 Å². The van der Waals surface area contributed by atoms with E-state index in [1.807, 2.05) is 0 Å². The molecule has 0 spiro atoms. The summed E-state index contributed by atoms with van der Waals surface area (Å²) in [7, 11) is 0. The summed E-state index contributed by atoms with van der Waals surface area (Å²) in [6, 6.07) is 0. The SMILES string of the molecule is Cc1c(C(=O)Nc2ncc(C(N)=O)s2)oc2c1C(=O)CCC2. The minimum atomic E-state index is -0.603. The molecule has 0 atom stereocenters. The van der Waals surface area contributed by atoms with E-state index in [4.69, 9.17) is 10.2 Å². The molecule has 3 N–H and O–H groups in total. The molecule has 1 aliphatic rings. The quantitative estimate of drug-likeness (QED) is 0.896. The van der Waals surface area contributed by atoms with Crippen molar-refractivity contribution in [2.24, 2.45) is 5.73 Å². The second kappa shape index (κ2) is 5.38. The number of nitrogens with two attached hydrogens (primary N) is 1. The van der Waals surface area contributed by atoms with Crippen LogP contribution >= 0.6 is 11.3 Å². The summed E-state index contributed by atoms with van der Waals surface area (Å²) in [4.78, 5) is 39.4. The number of nitrogens with zero attached hydrogens (tertiary/aromatic N) is 1. The molecule has 0 saturated carbocycles. The van der Waals surface area contributed by atoms with Crippen LogP contribution in [0.3, 0.4) is 0 Å². The third-order valence-corrected chi connectivity index (χ3v) is 4.41. The van der Waals surface area contributed by atoms with Crippen LogP contribution in [-0.4, -0.2) is 22.6 Å². The van der Waals surface area contributed by atoms with Crippen LogP contribution in [0.1, 0.15) is 54.7 Å². The molecule has 2 aromatic rings. The maximum Gasteiger partial charge on any atom is 0.293 e. The van der Waals surface area contributed by atoms with Crippen molar-refractivity contribution in [3.05, 3.63) is 33.7 Å². The third-order valence-electron chi connectivity index (χ3n) is 3.48. The van der Waals surface area contributed by atoms with Crippen molar-refractivity contribution in [3.8, 4) is 0 Å². The van der Waals surface area contributed by atoms with Crippen molar-refractivity contribution in [1.82, 2.24) is 4.98 Å². The van der Waals surface area contributed by atoms with Gasteiger partial charge in [-0.05, 0) is 13.3 Å². The van der Waals surface area contributed by atoms with E-state index in [2.05, 4.69) is 10.3 Å². The minimum absolute atomic E-state index is 0.00631. The predicted molar refractivity (Wildman–Crippen MR) is 79.3 cm³/mol. The second-order valence-corrected chi connectivity index (χ2v) is 6.01. The molecule has 0 saturated heterocycles. The lowest BCUT2D eigenvalue weighted by Gasteiger charge is -2.07. The van der Waals surface area contributed by atoms with Crippen LogP contribution in [0.5, 0.6) is 0 Å². The van der Waals surface area contributed by atoms with Crippen LogP contribution in [0.2, 0.25) is 0 Å². The standard InChI is InChI=1S/C14H13N3O4S/c1-6-10-7(18)3-2-4-8(10)21-11(6)13(20)17-14-16-5-9(22-14)12(15)19/h5H,2-4H2,1H3,(H2,15,19)(H,16,17,20). The highest BCUT2D eigenvalue weighted by atomic mass is 32.1. The fraction of sp³-hybridized carbons (Fsp3) is 0.286. The van der Waals surface area contributed by atoms with Gasteiger partial charge in [-0.15, -0.1) is 0 Å². The number of amides is 2. The van der Waals surface area contributed by atoms with Crippen molar-refractivity contribution in [2.45, 2.75) is 26.2 Å². The molecule has 114 valence electrons. The maximum atomic E-state index is 12.3. The molecule has 0 radical (unpaired) electrons. The van der Waals surface area contributed by atoms with Gasteiger partial charge in [-0.3, -0.25) is 19.7 Å². The van der Waals surface area contributed by atoms with E-state index in [0.717, 1.165) is 17.8 Å². The van der Waals surface area contributed by atoms with E-state index in [1.54, 1.807) is 6.92 Å². The van der Waals surface area contributed by atoms with Crippen molar-refractivity contribution >= 4 is 34.1 Å². The Morgan fingerprint density at radius 1 is 1.41 bits per heavy atom. The molecule has 0 aliphatic heterocycles. The third kappa shape index (κ3) is 2.41. The van der Waals surface area contributed by atoms with Gasteiger partial charge in [0, 0.05) is 18.4 Å². The molecule has 8 heteroatoms. The van der Waals surface area contributed by atoms with Gasteiger partial charge in [0.15, 0.2) is 16.7 Å². The highest BCUT2D eigenvalue weighted by Gasteiger charge is 2.29. The van der Waals surface area contributed by atoms with E-state index in [9.17, 15) is 14.4 Å². The number of anilines is 1. The number of primary amides is 1. The van der Waals surface area contributed by atoms with E-state index < -0.39 is 11.8 Å². The molecule has 7 nitrogen and oxygen atoms in total.